The highest BCUT2D eigenvalue weighted by molar-refractivity contribution is 8.05. The Morgan fingerprint density at radius 2 is 2.10 bits per heavy atom. The van der Waals surface area contributed by atoms with Gasteiger partial charge in [0.1, 0.15) is 0 Å². The number of hydrogen-bond acceptors (Lipinski definition) is 2. The summed E-state index contributed by atoms with van der Waals surface area (Å²) in [5.41, 5.74) is 4.64. The first-order valence-corrected chi connectivity index (χ1v) is 7.76. The summed E-state index contributed by atoms with van der Waals surface area (Å²) in [6.45, 7) is 14.0. The molecule has 1 aromatic rings. The zero-order chi connectivity index (χ0) is 15.7. The molecule has 0 unspecified atom stereocenters. The Hall–Kier alpha value is -1.93. The predicted octanol–water partition coefficient (Wildman–Crippen LogP) is 6.20. The molecular formula is C19H23NS. The van der Waals surface area contributed by atoms with Crippen LogP contribution in [0.5, 0.6) is 0 Å². The van der Waals surface area contributed by atoms with Crippen molar-refractivity contribution in [2.75, 3.05) is 5.32 Å². The maximum Gasteiger partial charge on any atom is 0.0695 e. The van der Waals surface area contributed by atoms with E-state index in [1.54, 1.807) is 17.8 Å². The van der Waals surface area contributed by atoms with Gasteiger partial charge in [-0.25, -0.2) is 0 Å². The lowest BCUT2D eigenvalue weighted by Crippen LogP contribution is -1.93. The van der Waals surface area contributed by atoms with Crippen LogP contribution in [0, 0.1) is 6.92 Å². The van der Waals surface area contributed by atoms with Gasteiger partial charge < -0.3 is 5.32 Å². The zero-order valence-electron chi connectivity index (χ0n) is 13.0. The zero-order valence-corrected chi connectivity index (χ0v) is 13.8. The molecule has 21 heavy (non-hydrogen) atoms. The number of allylic oxidation sites excluding steroid dienone is 6. The number of rotatable bonds is 7. The molecule has 0 bridgehead atoms. The van der Waals surface area contributed by atoms with Gasteiger partial charge in [-0.15, -0.1) is 0 Å². The molecule has 0 fully saturated rings. The summed E-state index contributed by atoms with van der Waals surface area (Å²) < 4.78 is 0. The fourth-order valence-electron chi connectivity index (χ4n) is 1.77. The molecule has 1 rings (SSSR count). The molecule has 110 valence electrons. The monoisotopic (exact) mass is 297 g/mol. The third kappa shape index (κ3) is 6.37. The molecule has 0 saturated carbocycles. The minimum absolute atomic E-state index is 0.901. The quantitative estimate of drug-likeness (QED) is 0.601. The van der Waals surface area contributed by atoms with Crippen LogP contribution in [0.3, 0.4) is 0 Å². The Morgan fingerprint density at radius 1 is 1.33 bits per heavy atom. The topological polar surface area (TPSA) is 12.0 Å². The minimum Gasteiger partial charge on any atom is -0.350 e. The van der Waals surface area contributed by atoms with Gasteiger partial charge in [-0.2, -0.15) is 0 Å². The van der Waals surface area contributed by atoms with E-state index >= 15 is 0 Å². The predicted molar refractivity (Wildman–Crippen MR) is 98.4 cm³/mol. The lowest BCUT2D eigenvalue weighted by Gasteiger charge is -2.08. The normalized spacial score (nSPS) is 12.5. The fourth-order valence-corrected chi connectivity index (χ4v) is 2.40. The van der Waals surface area contributed by atoms with Crippen molar-refractivity contribution >= 4 is 17.4 Å². The lowest BCUT2D eigenvalue weighted by molar-refractivity contribution is 1.43. The summed E-state index contributed by atoms with van der Waals surface area (Å²) in [5, 5.41) is 6.31. The van der Waals surface area contributed by atoms with Crippen LogP contribution in [-0.4, -0.2) is 0 Å². The van der Waals surface area contributed by atoms with Crippen LogP contribution >= 0.6 is 11.8 Å². The third-order valence-corrected chi connectivity index (χ3v) is 3.64. The molecule has 0 aliphatic heterocycles. The van der Waals surface area contributed by atoms with Gasteiger partial charge >= 0.3 is 0 Å². The maximum atomic E-state index is 4.05. The standard InChI is InChI=1S/C19H23NS/c1-6-9-18(10-7-2)16(4)14-21-17(5)20-19-12-8-11-15(3)13-19/h6-14,20H,1,5H2,2-4H3/b10-7-,16-14+,18-9+. The molecule has 0 aliphatic carbocycles. The van der Waals surface area contributed by atoms with Crippen LogP contribution in [0.4, 0.5) is 5.69 Å². The van der Waals surface area contributed by atoms with E-state index in [2.05, 4.69) is 55.9 Å². The minimum atomic E-state index is 0.901. The van der Waals surface area contributed by atoms with Gasteiger partial charge in [-0.05, 0) is 55.0 Å². The van der Waals surface area contributed by atoms with E-state index in [0.29, 0.717) is 0 Å². The van der Waals surface area contributed by atoms with Gasteiger partial charge in [0.15, 0.2) is 0 Å². The van der Waals surface area contributed by atoms with Gasteiger partial charge in [-0.1, -0.05) is 61.4 Å². The van der Waals surface area contributed by atoms with Gasteiger partial charge in [0.05, 0.1) is 5.03 Å². The average molecular weight is 297 g/mol. The van der Waals surface area contributed by atoms with Gasteiger partial charge in [0.25, 0.3) is 0 Å². The molecule has 0 aromatic heterocycles. The van der Waals surface area contributed by atoms with E-state index in [1.165, 1.54) is 11.1 Å². The van der Waals surface area contributed by atoms with E-state index in [0.717, 1.165) is 16.3 Å². The summed E-state index contributed by atoms with van der Waals surface area (Å²) in [6.07, 6.45) is 7.91. The van der Waals surface area contributed by atoms with Crippen LogP contribution in [0.1, 0.15) is 19.4 Å². The molecule has 0 aliphatic rings. The van der Waals surface area contributed by atoms with Crippen molar-refractivity contribution in [1.29, 1.82) is 0 Å². The smallest absolute Gasteiger partial charge is 0.0695 e. The largest absolute Gasteiger partial charge is 0.350 e. The molecule has 0 saturated heterocycles. The number of benzene rings is 1. The highest BCUT2D eigenvalue weighted by Gasteiger charge is 1.98. The number of hydrogen-bond donors (Lipinski definition) is 1. The summed E-state index contributed by atoms with van der Waals surface area (Å²) in [6, 6.07) is 8.26. The van der Waals surface area contributed by atoms with Gasteiger partial charge in [-0.3, -0.25) is 0 Å². The third-order valence-electron chi connectivity index (χ3n) is 2.78. The molecule has 0 amide bonds. The van der Waals surface area contributed by atoms with Crippen molar-refractivity contribution in [3.63, 3.8) is 0 Å². The summed E-state index contributed by atoms with van der Waals surface area (Å²) in [4.78, 5) is 0. The molecular weight excluding hydrogens is 274 g/mol. The van der Waals surface area contributed by atoms with Crippen molar-refractivity contribution in [2.45, 2.75) is 20.8 Å². The Morgan fingerprint density at radius 3 is 2.71 bits per heavy atom. The first-order valence-electron chi connectivity index (χ1n) is 6.88. The Labute approximate surface area is 132 Å². The molecule has 0 heterocycles. The number of aryl methyl sites for hydroxylation is 1. The van der Waals surface area contributed by atoms with Gasteiger partial charge in [0.2, 0.25) is 0 Å². The first-order chi connectivity index (χ1) is 10.1. The molecule has 0 radical (unpaired) electrons. The summed E-state index contributed by atoms with van der Waals surface area (Å²) in [7, 11) is 0. The molecule has 1 N–H and O–H groups in total. The van der Waals surface area contributed by atoms with E-state index in [4.69, 9.17) is 0 Å². The molecule has 1 aromatic carbocycles. The highest BCUT2D eigenvalue weighted by atomic mass is 32.2. The second kappa shape index (κ2) is 9.09. The highest BCUT2D eigenvalue weighted by Crippen LogP contribution is 2.23. The molecule has 0 atom stereocenters. The van der Waals surface area contributed by atoms with Crippen molar-refractivity contribution < 1.29 is 0 Å². The van der Waals surface area contributed by atoms with Crippen LogP contribution in [0.25, 0.3) is 0 Å². The maximum absolute atomic E-state index is 4.05. The van der Waals surface area contributed by atoms with E-state index in [9.17, 15) is 0 Å². The Balaban J connectivity index is 2.68. The lowest BCUT2D eigenvalue weighted by atomic mass is 10.1. The Kier molecular flexibility index (Phi) is 7.41. The van der Waals surface area contributed by atoms with E-state index in [-0.39, 0.29) is 0 Å². The molecule has 1 nitrogen and oxygen atoms in total. The summed E-state index contributed by atoms with van der Waals surface area (Å²) >= 11 is 1.59. The molecule has 2 heteroatoms. The van der Waals surface area contributed by atoms with Crippen molar-refractivity contribution in [3.05, 3.63) is 88.9 Å². The summed E-state index contributed by atoms with van der Waals surface area (Å²) in [5.74, 6) is 0. The van der Waals surface area contributed by atoms with Crippen LogP contribution < -0.4 is 5.32 Å². The number of nitrogens with one attached hydrogen (secondary N) is 1. The second-order valence-electron chi connectivity index (χ2n) is 4.69. The van der Waals surface area contributed by atoms with Crippen molar-refractivity contribution in [2.24, 2.45) is 0 Å². The van der Waals surface area contributed by atoms with Crippen LogP contribution in [-0.2, 0) is 0 Å². The fraction of sp³-hybridized carbons (Fsp3) is 0.158. The second-order valence-corrected chi connectivity index (χ2v) is 5.66. The number of thioether (sulfide) groups is 1. The van der Waals surface area contributed by atoms with Crippen molar-refractivity contribution in [3.8, 4) is 0 Å². The number of anilines is 1. The van der Waals surface area contributed by atoms with E-state index < -0.39 is 0 Å². The van der Waals surface area contributed by atoms with Crippen LogP contribution in [0.2, 0.25) is 0 Å². The Bertz CT molecular complexity index is 591. The SMILES string of the molecule is C=C/C=C(\C=C/C)C(/C)=C/SC(=C)Nc1cccc(C)c1. The van der Waals surface area contributed by atoms with Crippen molar-refractivity contribution in [1.82, 2.24) is 0 Å². The van der Waals surface area contributed by atoms with E-state index in [1.807, 2.05) is 31.2 Å². The average Bonchev–Trinajstić information content (AvgIpc) is 2.44. The molecule has 0 spiro atoms. The van der Waals surface area contributed by atoms with Gasteiger partial charge in [0, 0.05) is 5.69 Å². The van der Waals surface area contributed by atoms with Crippen LogP contribution in [0.15, 0.2) is 83.3 Å². The first kappa shape index (κ1) is 17.1.